The standard InChI is InChI=1S/C14H17N5O2/c15-6-13(20)16-8-14(21)18-12-7-17-19(10-12)9-11-4-2-1-3-5-11/h1-5,7,10H,6,8-9,15H2,(H,16,20)(H,18,21). The summed E-state index contributed by atoms with van der Waals surface area (Å²) in [6, 6.07) is 9.88. The fourth-order valence-electron chi connectivity index (χ4n) is 1.74. The van der Waals surface area contributed by atoms with Crippen molar-refractivity contribution in [2.24, 2.45) is 5.73 Å². The zero-order chi connectivity index (χ0) is 15.1. The molecule has 7 nitrogen and oxygen atoms in total. The van der Waals surface area contributed by atoms with Crippen molar-refractivity contribution in [3.63, 3.8) is 0 Å². The Kier molecular flexibility index (Phi) is 5.05. The maximum Gasteiger partial charge on any atom is 0.243 e. The van der Waals surface area contributed by atoms with Gasteiger partial charge in [0.05, 0.1) is 31.5 Å². The van der Waals surface area contributed by atoms with E-state index in [0.717, 1.165) is 5.56 Å². The largest absolute Gasteiger partial charge is 0.346 e. The van der Waals surface area contributed by atoms with Gasteiger partial charge in [0.25, 0.3) is 0 Å². The summed E-state index contributed by atoms with van der Waals surface area (Å²) in [5.41, 5.74) is 6.83. The Morgan fingerprint density at radius 2 is 1.95 bits per heavy atom. The summed E-state index contributed by atoms with van der Waals surface area (Å²) < 4.78 is 1.73. The second kappa shape index (κ2) is 7.20. The SMILES string of the molecule is NCC(=O)NCC(=O)Nc1cnn(Cc2ccccc2)c1. The van der Waals surface area contributed by atoms with Gasteiger partial charge >= 0.3 is 0 Å². The lowest BCUT2D eigenvalue weighted by atomic mass is 10.2. The van der Waals surface area contributed by atoms with Gasteiger partial charge in [-0.3, -0.25) is 14.3 Å². The van der Waals surface area contributed by atoms with Crippen LogP contribution in [-0.4, -0.2) is 34.7 Å². The average molecular weight is 287 g/mol. The Labute approximate surface area is 122 Å². The number of hydrogen-bond acceptors (Lipinski definition) is 4. The van der Waals surface area contributed by atoms with Crippen LogP contribution in [0.1, 0.15) is 5.56 Å². The number of anilines is 1. The van der Waals surface area contributed by atoms with Crippen LogP contribution >= 0.6 is 0 Å². The van der Waals surface area contributed by atoms with Crippen LogP contribution in [0.5, 0.6) is 0 Å². The summed E-state index contributed by atoms with van der Waals surface area (Å²) >= 11 is 0. The van der Waals surface area contributed by atoms with E-state index in [-0.39, 0.29) is 24.9 Å². The Morgan fingerprint density at radius 1 is 1.19 bits per heavy atom. The molecule has 0 radical (unpaired) electrons. The predicted octanol–water partition coefficient (Wildman–Crippen LogP) is -0.0552. The summed E-state index contributed by atoms with van der Waals surface area (Å²) in [4.78, 5) is 22.5. The van der Waals surface area contributed by atoms with Gasteiger partial charge in [-0.25, -0.2) is 0 Å². The van der Waals surface area contributed by atoms with Crippen molar-refractivity contribution in [2.45, 2.75) is 6.54 Å². The van der Waals surface area contributed by atoms with E-state index in [1.165, 1.54) is 0 Å². The lowest BCUT2D eigenvalue weighted by Gasteiger charge is -2.04. The topological polar surface area (TPSA) is 102 Å². The Morgan fingerprint density at radius 3 is 2.67 bits per heavy atom. The number of carbonyl (C=O) groups excluding carboxylic acids is 2. The number of nitrogens with one attached hydrogen (secondary N) is 2. The van der Waals surface area contributed by atoms with Crippen LogP contribution < -0.4 is 16.4 Å². The molecule has 2 rings (SSSR count). The van der Waals surface area contributed by atoms with Crippen LogP contribution in [0, 0.1) is 0 Å². The van der Waals surface area contributed by atoms with Gasteiger partial charge in [-0.05, 0) is 5.56 Å². The monoisotopic (exact) mass is 287 g/mol. The summed E-state index contributed by atoms with van der Waals surface area (Å²) in [6.45, 7) is 0.378. The van der Waals surface area contributed by atoms with Crippen molar-refractivity contribution in [3.8, 4) is 0 Å². The number of hydrogen-bond donors (Lipinski definition) is 3. The first-order valence-corrected chi connectivity index (χ1v) is 6.50. The van der Waals surface area contributed by atoms with Gasteiger partial charge in [0.2, 0.25) is 11.8 Å². The third kappa shape index (κ3) is 4.73. The van der Waals surface area contributed by atoms with Crippen molar-refractivity contribution in [1.82, 2.24) is 15.1 Å². The Bertz CT molecular complexity index is 609. The second-order valence-electron chi connectivity index (χ2n) is 4.44. The smallest absolute Gasteiger partial charge is 0.243 e. The molecular weight excluding hydrogens is 270 g/mol. The van der Waals surface area contributed by atoms with Crippen LogP contribution in [0.25, 0.3) is 0 Å². The molecule has 1 aromatic heterocycles. The molecule has 0 unspecified atom stereocenters. The molecule has 110 valence electrons. The fraction of sp³-hybridized carbons (Fsp3) is 0.214. The molecule has 0 atom stereocenters. The highest BCUT2D eigenvalue weighted by Crippen LogP contribution is 2.07. The van der Waals surface area contributed by atoms with Crippen LogP contribution in [0.15, 0.2) is 42.7 Å². The molecule has 2 amide bonds. The van der Waals surface area contributed by atoms with Gasteiger partial charge in [-0.2, -0.15) is 5.10 Å². The third-order valence-corrected chi connectivity index (χ3v) is 2.74. The minimum absolute atomic E-state index is 0.111. The maximum absolute atomic E-state index is 11.6. The van der Waals surface area contributed by atoms with Crippen molar-refractivity contribution < 1.29 is 9.59 Å². The van der Waals surface area contributed by atoms with Gasteiger partial charge in [0.15, 0.2) is 0 Å². The normalized spacial score (nSPS) is 10.1. The number of nitrogens with two attached hydrogens (primary N) is 1. The Balaban J connectivity index is 1.85. The lowest BCUT2D eigenvalue weighted by Crippen LogP contribution is -2.36. The highest BCUT2D eigenvalue weighted by molar-refractivity contribution is 5.94. The van der Waals surface area contributed by atoms with Crippen molar-refractivity contribution in [2.75, 3.05) is 18.4 Å². The third-order valence-electron chi connectivity index (χ3n) is 2.74. The first kappa shape index (κ1) is 14.7. The van der Waals surface area contributed by atoms with Gasteiger partial charge in [-0.1, -0.05) is 30.3 Å². The zero-order valence-electron chi connectivity index (χ0n) is 11.5. The fourth-order valence-corrected chi connectivity index (χ4v) is 1.74. The number of rotatable bonds is 6. The highest BCUT2D eigenvalue weighted by Gasteiger charge is 2.06. The van der Waals surface area contributed by atoms with Crippen LogP contribution in [0.3, 0.4) is 0 Å². The molecular formula is C14H17N5O2. The average Bonchev–Trinajstić information content (AvgIpc) is 2.92. The maximum atomic E-state index is 11.6. The molecule has 0 aliphatic rings. The lowest BCUT2D eigenvalue weighted by molar-refractivity contribution is -0.123. The summed E-state index contributed by atoms with van der Waals surface area (Å²) in [5.74, 6) is -0.694. The number of benzene rings is 1. The molecule has 0 saturated heterocycles. The minimum atomic E-state index is -0.370. The van der Waals surface area contributed by atoms with E-state index in [2.05, 4.69) is 15.7 Å². The molecule has 0 aliphatic heterocycles. The van der Waals surface area contributed by atoms with E-state index in [1.807, 2.05) is 30.3 Å². The van der Waals surface area contributed by atoms with E-state index in [1.54, 1.807) is 17.1 Å². The number of aromatic nitrogens is 2. The van der Waals surface area contributed by atoms with Gasteiger partial charge < -0.3 is 16.4 Å². The first-order chi connectivity index (χ1) is 10.2. The molecule has 0 fully saturated rings. The highest BCUT2D eigenvalue weighted by atomic mass is 16.2. The van der Waals surface area contributed by atoms with Gasteiger partial charge in [0, 0.05) is 6.20 Å². The van der Waals surface area contributed by atoms with E-state index in [4.69, 9.17) is 5.73 Å². The quantitative estimate of drug-likeness (QED) is 0.693. The van der Waals surface area contributed by atoms with Crippen molar-refractivity contribution in [3.05, 3.63) is 48.3 Å². The summed E-state index contributed by atoms with van der Waals surface area (Å²) in [5, 5.41) is 9.22. The molecule has 0 spiro atoms. The molecule has 21 heavy (non-hydrogen) atoms. The molecule has 7 heteroatoms. The summed E-state index contributed by atoms with van der Waals surface area (Å²) in [7, 11) is 0. The Hall–Kier alpha value is -2.67. The second-order valence-corrected chi connectivity index (χ2v) is 4.44. The molecule has 1 heterocycles. The predicted molar refractivity (Wildman–Crippen MR) is 78.5 cm³/mol. The van der Waals surface area contributed by atoms with Gasteiger partial charge in [0.1, 0.15) is 0 Å². The molecule has 4 N–H and O–H groups in total. The molecule has 0 aliphatic carbocycles. The van der Waals surface area contributed by atoms with Crippen LogP contribution in [0.4, 0.5) is 5.69 Å². The number of carbonyl (C=O) groups is 2. The summed E-state index contributed by atoms with van der Waals surface area (Å²) in [6.07, 6.45) is 3.29. The van der Waals surface area contributed by atoms with Crippen LogP contribution in [0.2, 0.25) is 0 Å². The van der Waals surface area contributed by atoms with Crippen molar-refractivity contribution >= 4 is 17.5 Å². The molecule has 0 bridgehead atoms. The van der Waals surface area contributed by atoms with E-state index in [9.17, 15) is 9.59 Å². The minimum Gasteiger partial charge on any atom is -0.346 e. The van der Waals surface area contributed by atoms with E-state index in [0.29, 0.717) is 12.2 Å². The van der Waals surface area contributed by atoms with E-state index < -0.39 is 0 Å². The first-order valence-electron chi connectivity index (χ1n) is 6.50. The molecule has 2 aromatic rings. The van der Waals surface area contributed by atoms with Crippen molar-refractivity contribution in [1.29, 1.82) is 0 Å². The zero-order valence-corrected chi connectivity index (χ0v) is 11.5. The van der Waals surface area contributed by atoms with E-state index >= 15 is 0 Å². The van der Waals surface area contributed by atoms with Crippen LogP contribution in [-0.2, 0) is 16.1 Å². The van der Waals surface area contributed by atoms with Gasteiger partial charge in [-0.15, -0.1) is 0 Å². The molecule has 1 aromatic carbocycles. The number of amides is 2. The molecule has 0 saturated carbocycles. The number of nitrogens with zero attached hydrogens (tertiary/aromatic N) is 2.